The predicted molar refractivity (Wildman–Crippen MR) is 33.4 cm³/mol. The van der Waals surface area contributed by atoms with E-state index in [-0.39, 0.29) is 5.52 Å². The Hall–Kier alpha value is -0.760. The molecular formula is C4H4NO3P. The van der Waals surface area contributed by atoms with Gasteiger partial charge in [-0.2, -0.15) is 0 Å². The van der Waals surface area contributed by atoms with Gasteiger partial charge in [0.2, 0.25) is 0 Å². The van der Waals surface area contributed by atoms with Crippen LogP contribution in [-0.2, 0) is 4.79 Å². The zero-order valence-corrected chi connectivity index (χ0v) is 5.38. The van der Waals surface area contributed by atoms with Crippen molar-refractivity contribution < 1.29 is 9.72 Å². The van der Waals surface area contributed by atoms with E-state index < -0.39 is 11.0 Å². The maximum Gasteiger partial charge on any atom is 0.282 e. The summed E-state index contributed by atoms with van der Waals surface area (Å²) < 4.78 is 0. The molecule has 0 bridgehead atoms. The van der Waals surface area contributed by atoms with Gasteiger partial charge in [0.05, 0.1) is 0 Å². The Morgan fingerprint density at radius 3 is 2.78 bits per heavy atom. The molecule has 1 aliphatic heterocycles. The molecule has 0 saturated heterocycles. The fourth-order valence-corrected chi connectivity index (χ4v) is 1.46. The number of hydrogen-bond acceptors (Lipinski definition) is 3. The number of nitro groups is 1. The van der Waals surface area contributed by atoms with Crippen LogP contribution in [0.5, 0.6) is 0 Å². The second kappa shape index (κ2) is 2.23. The summed E-state index contributed by atoms with van der Waals surface area (Å²) >= 11 is 0. The van der Waals surface area contributed by atoms with Crippen LogP contribution in [0.4, 0.5) is 0 Å². The van der Waals surface area contributed by atoms with Crippen LogP contribution < -0.4 is 0 Å². The van der Waals surface area contributed by atoms with Gasteiger partial charge < -0.3 is 0 Å². The lowest BCUT2D eigenvalue weighted by Crippen LogP contribution is -2.22. The van der Waals surface area contributed by atoms with Crippen molar-refractivity contribution in [2.75, 3.05) is 0 Å². The van der Waals surface area contributed by atoms with Crippen LogP contribution in [0, 0.1) is 10.1 Å². The zero-order valence-electron chi connectivity index (χ0n) is 4.48. The molecule has 0 amide bonds. The van der Waals surface area contributed by atoms with E-state index in [1.807, 2.05) is 0 Å². The maximum atomic E-state index is 10.5. The minimum absolute atomic E-state index is 0.292. The summed E-state index contributed by atoms with van der Waals surface area (Å²) in [5.74, 6) is 1.62. The monoisotopic (exact) mass is 145 g/mol. The second-order valence-electron chi connectivity index (χ2n) is 1.69. The Kier molecular flexibility index (Phi) is 1.58. The Balaban J connectivity index is 2.66. The van der Waals surface area contributed by atoms with Gasteiger partial charge in [0.25, 0.3) is 11.6 Å². The topological polar surface area (TPSA) is 60.2 Å². The van der Waals surface area contributed by atoms with E-state index in [1.165, 1.54) is 0 Å². The Morgan fingerprint density at radius 2 is 2.56 bits per heavy atom. The van der Waals surface area contributed by atoms with E-state index in [0.717, 1.165) is 0 Å². The Bertz CT molecular complexity index is 188. The fraction of sp³-hybridized carbons (Fsp3) is 0.500. The summed E-state index contributed by atoms with van der Waals surface area (Å²) in [6.07, 6.45) is 0.299. The van der Waals surface area contributed by atoms with Crippen LogP contribution in [0.3, 0.4) is 0 Å². The first kappa shape index (κ1) is 6.36. The molecule has 0 saturated carbocycles. The Morgan fingerprint density at radius 1 is 1.89 bits per heavy atom. The highest BCUT2D eigenvalue weighted by Crippen LogP contribution is 2.15. The lowest BCUT2D eigenvalue weighted by Gasteiger charge is -1.94. The molecule has 1 heterocycles. The minimum atomic E-state index is -0.952. The molecule has 0 aliphatic carbocycles. The van der Waals surface area contributed by atoms with Gasteiger partial charge in [0.1, 0.15) is 0 Å². The standard InChI is InChI=1S/C4H4NO3P/c6-4-3(5(7)8)1-2-9-4/h2-3H,1H2. The average Bonchev–Trinajstić information content (AvgIpc) is 2.13. The highest BCUT2D eigenvalue weighted by atomic mass is 31.1. The van der Waals surface area contributed by atoms with Crippen LogP contribution in [0.1, 0.15) is 6.42 Å². The molecule has 48 valence electrons. The van der Waals surface area contributed by atoms with Crippen molar-refractivity contribution in [1.29, 1.82) is 0 Å². The number of carbonyl (C=O) groups excluding carboxylic acids is 1. The third-order valence-corrected chi connectivity index (χ3v) is 2.03. The molecule has 0 aromatic carbocycles. The summed E-state index contributed by atoms with van der Waals surface area (Å²) in [4.78, 5) is 20.0. The van der Waals surface area contributed by atoms with Crippen LogP contribution in [0.25, 0.3) is 0 Å². The van der Waals surface area contributed by atoms with E-state index in [2.05, 4.69) is 0 Å². The quantitative estimate of drug-likeness (QED) is 0.303. The van der Waals surface area contributed by atoms with E-state index in [4.69, 9.17) is 0 Å². The first-order valence-corrected chi connectivity index (χ1v) is 3.38. The molecule has 1 atom stereocenters. The van der Waals surface area contributed by atoms with Crippen molar-refractivity contribution in [2.24, 2.45) is 0 Å². The van der Waals surface area contributed by atoms with E-state index >= 15 is 0 Å². The molecule has 0 spiro atoms. The normalized spacial score (nSPS) is 26.7. The van der Waals surface area contributed by atoms with Gasteiger partial charge in [-0.05, 0) is 14.0 Å². The van der Waals surface area contributed by atoms with E-state index in [9.17, 15) is 14.9 Å². The molecule has 0 N–H and O–H groups in total. The first-order chi connectivity index (χ1) is 4.22. The third-order valence-electron chi connectivity index (χ3n) is 1.09. The molecule has 1 rings (SSSR count). The van der Waals surface area contributed by atoms with Crippen LogP contribution in [0.15, 0.2) is 0 Å². The molecule has 4 nitrogen and oxygen atoms in total. The number of hydrogen-bond donors (Lipinski definition) is 0. The lowest BCUT2D eigenvalue weighted by atomic mass is 10.3. The third kappa shape index (κ3) is 1.13. The second-order valence-corrected chi connectivity index (χ2v) is 2.75. The summed E-state index contributed by atoms with van der Waals surface area (Å²) in [5, 5.41) is 9.97. The van der Waals surface area contributed by atoms with Crippen molar-refractivity contribution in [1.82, 2.24) is 0 Å². The molecule has 9 heavy (non-hydrogen) atoms. The van der Waals surface area contributed by atoms with Crippen LogP contribution in [-0.4, -0.2) is 22.3 Å². The largest absolute Gasteiger partial charge is 0.282 e. The molecule has 0 fully saturated rings. The average molecular weight is 145 g/mol. The molecule has 0 aromatic heterocycles. The minimum Gasteiger partial charge on any atom is -0.282 e. The van der Waals surface area contributed by atoms with Gasteiger partial charge in [-0.3, -0.25) is 14.9 Å². The fourth-order valence-electron chi connectivity index (χ4n) is 0.606. The molecular weight excluding hydrogens is 141 g/mol. The lowest BCUT2D eigenvalue weighted by molar-refractivity contribution is -0.503. The zero-order chi connectivity index (χ0) is 6.85. The summed E-state index contributed by atoms with van der Waals surface area (Å²) in [7, 11) is 0.489. The molecule has 5 heteroatoms. The smallest absolute Gasteiger partial charge is 0.282 e. The number of carbonyl (C=O) groups is 1. The van der Waals surface area contributed by atoms with Gasteiger partial charge in [-0.25, -0.2) is 0 Å². The molecule has 1 aliphatic rings. The van der Waals surface area contributed by atoms with Gasteiger partial charge in [-0.1, -0.05) is 0 Å². The summed E-state index contributed by atoms with van der Waals surface area (Å²) in [6, 6.07) is -0.952. The highest BCUT2D eigenvalue weighted by molar-refractivity contribution is 7.58. The van der Waals surface area contributed by atoms with Crippen molar-refractivity contribution in [3.63, 3.8) is 0 Å². The molecule has 0 aromatic rings. The van der Waals surface area contributed by atoms with E-state index in [1.54, 1.807) is 5.80 Å². The number of nitrogens with zero attached hydrogens (tertiary/aromatic N) is 1. The number of rotatable bonds is 1. The molecule has 1 unspecified atom stereocenters. The van der Waals surface area contributed by atoms with Crippen molar-refractivity contribution in [3.05, 3.63) is 10.1 Å². The van der Waals surface area contributed by atoms with Crippen molar-refractivity contribution in [2.45, 2.75) is 12.5 Å². The predicted octanol–water partition coefficient (Wildman–Crippen LogP) is 0.310. The SMILES string of the molecule is O=C1P=CCC1[N+](=O)[O-]. The van der Waals surface area contributed by atoms with Crippen molar-refractivity contribution in [3.8, 4) is 0 Å². The van der Waals surface area contributed by atoms with Crippen LogP contribution >= 0.6 is 8.20 Å². The van der Waals surface area contributed by atoms with Crippen LogP contribution in [0.2, 0.25) is 0 Å². The summed E-state index contributed by atoms with van der Waals surface area (Å²) in [6.45, 7) is 0. The van der Waals surface area contributed by atoms with Gasteiger partial charge in [-0.15, -0.1) is 0 Å². The van der Waals surface area contributed by atoms with Gasteiger partial charge >= 0.3 is 0 Å². The Labute approximate surface area is 52.8 Å². The first-order valence-electron chi connectivity index (χ1n) is 2.41. The molecule has 0 radical (unpaired) electrons. The highest BCUT2D eigenvalue weighted by Gasteiger charge is 2.30. The summed E-state index contributed by atoms with van der Waals surface area (Å²) in [5.41, 5.74) is -0.292. The van der Waals surface area contributed by atoms with Crippen molar-refractivity contribution >= 4 is 19.5 Å². The van der Waals surface area contributed by atoms with E-state index in [0.29, 0.717) is 14.6 Å². The van der Waals surface area contributed by atoms with Gasteiger partial charge in [0.15, 0.2) is 0 Å². The maximum absolute atomic E-state index is 10.5. The van der Waals surface area contributed by atoms with Gasteiger partial charge in [0, 0.05) is 11.3 Å².